The van der Waals surface area contributed by atoms with Crippen LogP contribution in [0.3, 0.4) is 0 Å². The van der Waals surface area contributed by atoms with Gasteiger partial charge in [0.05, 0.1) is 5.70 Å². The lowest BCUT2D eigenvalue weighted by atomic mass is 10.3. The van der Waals surface area contributed by atoms with Crippen LogP contribution >= 0.6 is 0 Å². The van der Waals surface area contributed by atoms with E-state index in [-0.39, 0.29) is 5.70 Å². The molecule has 0 aromatic rings. The molecule has 1 nitrogen and oxygen atoms in total. The van der Waals surface area contributed by atoms with E-state index in [2.05, 4.69) is 6.58 Å². The molecule has 0 aromatic carbocycles. The number of rotatable bonds is 4. The van der Waals surface area contributed by atoms with Gasteiger partial charge >= 0.3 is 0 Å². The Labute approximate surface area is 83.7 Å². The quantitative estimate of drug-likeness (QED) is 0.627. The van der Waals surface area contributed by atoms with Crippen LogP contribution in [0.5, 0.6) is 0 Å². The average molecular weight is 199 g/mol. The van der Waals surface area contributed by atoms with Crippen molar-refractivity contribution >= 4 is 0 Å². The summed E-state index contributed by atoms with van der Waals surface area (Å²) in [5, 5.41) is 0. The van der Waals surface area contributed by atoms with Crippen molar-refractivity contribution in [2.24, 2.45) is 0 Å². The minimum atomic E-state index is -0.620. The SMILES string of the molecule is C=C/C=C(/C(F)=C\C(F)=C/C)N(C)C. The van der Waals surface area contributed by atoms with Gasteiger partial charge in [0, 0.05) is 20.2 Å². The molecule has 0 unspecified atom stereocenters. The lowest BCUT2D eigenvalue weighted by Gasteiger charge is -2.14. The third-order valence-corrected chi connectivity index (χ3v) is 1.54. The van der Waals surface area contributed by atoms with Gasteiger partial charge in [0.2, 0.25) is 0 Å². The normalized spacial score (nSPS) is 14.2. The van der Waals surface area contributed by atoms with Crippen molar-refractivity contribution in [1.29, 1.82) is 0 Å². The standard InChI is InChI=1S/C11H15F2N/c1-5-7-11(14(3)4)10(13)8-9(12)6-2/h5-8H,1H2,2-4H3/b9-6+,10-8+,11-7-. The Morgan fingerprint density at radius 2 is 1.86 bits per heavy atom. The van der Waals surface area contributed by atoms with E-state index < -0.39 is 11.7 Å². The molecule has 78 valence electrons. The average Bonchev–Trinajstić information content (AvgIpc) is 2.13. The largest absolute Gasteiger partial charge is 0.375 e. The number of hydrogen-bond acceptors (Lipinski definition) is 1. The second-order valence-electron chi connectivity index (χ2n) is 2.85. The molecule has 0 rings (SSSR count). The van der Waals surface area contributed by atoms with Gasteiger partial charge in [0.1, 0.15) is 11.7 Å². The van der Waals surface area contributed by atoms with E-state index in [1.165, 1.54) is 25.2 Å². The topological polar surface area (TPSA) is 3.24 Å². The fourth-order valence-corrected chi connectivity index (χ4v) is 0.832. The molecule has 0 fully saturated rings. The van der Waals surface area contributed by atoms with Gasteiger partial charge in [0.25, 0.3) is 0 Å². The monoisotopic (exact) mass is 199 g/mol. The highest BCUT2D eigenvalue weighted by Gasteiger charge is 2.06. The fraction of sp³-hybridized carbons (Fsp3) is 0.273. The zero-order chi connectivity index (χ0) is 11.1. The maximum atomic E-state index is 13.4. The van der Waals surface area contributed by atoms with Crippen molar-refractivity contribution in [3.63, 3.8) is 0 Å². The van der Waals surface area contributed by atoms with E-state index in [0.717, 1.165) is 6.08 Å². The lowest BCUT2D eigenvalue weighted by Crippen LogP contribution is -2.11. The summed E-state index contributed by atoms with van der Waals surface area (Å²) < 4.78 is 26.1. The second-order valence-corrected chi connectivity index (χ2v) is 2.85. The summed E-state index contributed by atoms with van der Waals surface area (Å²) in [5.41, 5.74) is 0.289. The highest BCUT2D eigenvalue weighted by molar-refractivity contribution is 5.31. The summed E-state index contributed by atoms with van der Waals surface area (Å²) in [5.74, 6) is -1.22. The predicted octanol–water partition coefficient (Wildman–Crippen LogP) is 3.34. The van der Waals surface area contributed by atoms with Crippen molar-refractivity contribution in [2.75, 3.05) is 14.1 Å². The highest BCUT2D eigenvalue weighted by atomic mass is 19.1. The van der Waals surface area contributed by atoms with Gasteiger partial charge in [-0.2, -0.15) is 0 Å². The third-order valence-electron chi connectivity index (χ3n) is 1.54. The van der Waals surface area contributed by atoms with Gasteiger partial charge in [-0.3, -0.25) is 0 Å². The summed E-state index contributed by atoms with van der Waals surface area (Å²) in [4.78, 5) is 1.55. The Morgan fingerprint density at radius 1 is 1.29 bits per heavy atom. The molecule has 0 aliphatic heterocycles. The number of allylic oxidation sites excluding steroid dienone is 6. The van der Waals surface area contributed by atoms with Crippen LogP contribution in [0, 0.1) is 0 Å². The predicted molar refractivity (Wildman–Crippen MR) is 56.0 cm³/mol. The Hall–Kier alpha value is -1.38. The van der Waals surface area contributed by atoms with Crippen molar-refractivity contribution in [3.05, 3.63) is 48.2 Å². The Morgan fingerprint density at radius 3 is 2.21 bits per heavy atom. The fourth-order valence-electron chi connectivity index (χ4n) is 0.832. The molecule has 0 atom stereocenters. The van der Waals surface area contributed by atoms with E-state index in [1.807, 2.05) is 0 Å². The highest BCUT2D eigenvalue weighted by Crippen LogP contribution is 2.16. The van der Waals surface area contributed by atoms with Crippen LogP contribution in [0.2, 0.25) is 0 Å². The molecule has 0 aliphatic rings. The first-order valence-electron chi connectivity index (χ1n) is 4.22. The Balaban J connectivity index is 4.96. The van der Waals surface area contributed by atoms with Gasteiger partial charge in [-0.15, -0.1) is 0 Å². The molecule has 0 bridgehead atoms. The number of halogens is 2. The van der Waals surface area contributed by atoms with E-state index >= 15 is 0 Å². The molecule has 0 amide bonds. The van der Waals surface area contributed by atoms with Crippen LogP contribution in [0.1, 0.15) is 6.92 Å². The molecule has 0 N–H and O–H groups in total. The van der Waals surface area contributed by atoms with Gasteiger partial charge in [0.15, 0.2) is 0 Å². The van der Waals surface area contributed by atoms with E-state index in [4.69, 9.17) is 0 Å². The molecule has 0 aromatic heterocycles. The van der Waals surface area contributed by atoms with Crippen LogP contribution in [-0.4, -0.2) is 19.0 Å². The maximum Gasteiger partial charge on any atom is 0.149 e. The summed E-state index contributed by atoms with van der Waals surface area (Å²) in [6, 6.07) is 0. The van der Waals surface area contributed by atoms with E-state index in [1.54, 1.807) is 19.0 Å². The summed E-state index contributed by atoms with van der Waals surface area (Å²) in [6.07, 6.45) is 4.97. The zero-order valence-corrected chi connectivity index (χ0v) is 8.72. The van der Waals surface area contributed by atoms with Gasteiger partial charge in [-0.25, -0.2) is 8.78 Å². The molecule has 0 aliphatic carbocycles. The van der Waals surface area contributed by atoms with E-state index in [0.29, 0.717) is 0 Å². The van der Waals surface area contributed by atoms with Crippen molar-refractivity contribution in [1.82, 2.24) is 4.90 Å². The number of likely N-dealkylation sites (N-methyl/N-ethyl adjacent to an activating group) is 1. The number of hydrogen-bond donors (Lipinski definition) is 0. The van der Waals surface area contributed by atoms with Crippen molar-refractivity contribution in [3.8, 4) is 0 Å². The molecule has 14 heavy (non-hydrogen) atoms. The molecular formula is C11H15F2N. The summed E-state index contributed by atoms with van der Waals surface area (Å²) in [7, 11) is 3.35. The van der Waals surface area contributed by atoms with Crippen LogP contribution in [0.15, 0.2) is 48.2 Å². The maximum absolute atomic E-state index is 13.4. The molecule has 3 heteroatoms. The molecule has 0 spiro atoms. The van der Waals surface area contributed by atoms with Crippen LogP contribution in [0.4, 0.5) is 8.78 Å². The zero-order valence-electron chi connectivity index (χ0n) is 8.72. The van der Waals surface area contributed by atoms with Crippen LogP contribution < -0.4 is 0 Å². The minimum absolute atomic E-state index is 0.289. The first-order valence-corrected chi connectivity index (χ1v) is 4.22. The van der Waals surface area contributed by atoms with Crippen LogP contribution in [0.25, 0.3) is 0 Å². The smallest absolute Gasteiger partial charge is 0.149 e. The molecular weight excluding hydrogens is 184 g/mol. The van der Waals surface area contributed by atoms with Gasteiger partial charge in [-0.1, -0.05) is 18.7 Å². The summed E-state index contributed by atoms with van der Waals surface area (Å²) in [6.45, 7) is 4.96. The lowest BCUT2D eigenvalue weighted by molar-refractivity contribution is 0.474. The number of nitrogens with zero attached hydrogens (tertiary/aromatic N) is 1. The Kier molecular flexibility index (Phi) is 5.53. The second kappa shape index (κ2) is 6.13. The Bertz CT molecular complexity index is 286. The summed E-state index contributed by atoms with van der Waals surface area (Å²) >= 11 is 0. The van der Waals surface area contributed by atoms with Crippen molar-refractivity contribution in [2.45, 2.75) is 6.92 Å². The van der Waals surface area contributed by atoms with Gasteiger partial charge < -0.3 is 4.90 Å². The molecule has 0 saturated heterocycles. The molecule has 0 heterocycles. The van der Waals surface area contributed by atoms with Crippen molar-refractivity contribution < 1.29 is 8.78 Å². The first kappa shape index (κ1) is 12.6. The van der Waals surface area contributed by atoms with E-state index in [9.17, 15) is 8.78 Å². The molecule has 0 radical (unpaired) electrons. The first-order chi connectivity index (χ1) is 6.52. The van der Waals surface area contributed by atoms with Gasteiger partial charge in [-0.05, 0) is 13.0 Å². The molecule has 0 saturated carbocycles. The van der Waals surface area contributed by atoms with Crippen LogP contribution in [-0.2, 0) is 0 Å². The third kappa shape index (κ3) is 4.03. The minimum Gasteiger partial charge on any atom is -0.375 e.